The van der Waals surface area contributed by atoms with Gasteiger partial charge in [-0.3, -0.25) is 0 Å². The fraction of sp³-hybridized carbons (Fsp3) is 0.733. The van der Waals surface area contributed by atoms with Gasteiger partial charge in [-0.05, 0) is 59.9 Å². The second kappa shape index (κ2) is 6.53. The molecule has 2 rings (SSSR count). The molecule has 106 valence electrons. The standard InChI is InChI=1S/C15H22BrClN2/c1-4-12-13(16)14(17)19-15(18-12)11-7-5-10(6-8-11)9(2)3/h9-11H,4-8H2,1-3H3. The molecule has 1 fully saturated rings. The van der Waals surface area contributed by atoms with E-state index in [1.54, 1.807) is 0 Å². The quantitative estimate of drug-likeness (QED) is 0.687. The third-order valence-electron chi connectivity index (χ3n) is 4.31. The molecule has 1 aromatic heterocycles. The zero-order chi connectivity index (χ0) is 14.0. The number of aryl methyl sites for hydroxylation is 1. The van der Waals surface area contributed by atoms with Crippen molar-refractivity contribution in [2.75, 3.05) is 0 Å². The first-order valence-corrected chi connectivity index (χ1v) is 8.41. The SMILES string of the molecule is CCc1nc(C2CCC(C(C)C)CC2)nc(Cl)c1Br. The molecular weight excluding hydrogens is 324 g/mol. The highest BCUT2D eigenvalue weighted by Gasteiger charge is 2.26. The summed E-state index contributed by atoms with van der Waals surface area (Å²) in [5.41, 5.74) is 1.03. The van der Waals surface area contributed by atoms with Gasteiger partial charge in [-0.15, -0.1) is 0 Å². The molecule has 0 atom stereocenters. The number of rotatable bonds is 3. The maximum Gasteiger partial charge on any atom is 0.147 e. The minimum Gasteiger partial charge on any atom is -0.236 e. The Hall–Kier alpha value is -0.150. The fourth-order valence-electron chi connectivity index (χ4n) is 2.94. The van der Waals surface area contributed by atoms with Gasteiger partial charge in [-0.2, -0.15) is 0 Å². The Balaban J connectivity index is 2.13. The van der Waals surface area contributed by atoms with E-state index in [1.807, 2.05) is 0 Å². The Morgan fingerprint density at radius 2 is 1.84 bits per heavy atom. The summed E-state index contributed by atoms with van der Waals surface area (Å²) in [6, 6.07) is 0. The summed E-state index contributed by atoms with van der Waals surface area (Å²) in [6.07, 6.45) is 5.87. The Morgan fingerprint density at radius 3 is 2.37 bits per heavy atom. The molecule has 1 aliphatic carbocycles. The first-order chi connectivity index (χ1) is 9.02. The molecule has 1 aromatic rings. The van der Waals surface area contributed by atoms with Gasteiger partial charge >= 0.3 is 0 Å². The molecular formula is C15H22BrClN2. The molecule has 0 N–H and O–H groups in total. The van der Waals surface area contributed by atoms with Crippen LogP contribution in [0.5, 0.6) is 0 Å². The van der Waals surface area contributed by atoms with Gasteiger partial charge in [0.1, 0.15) is 11.0 Å². The maximum atomic E-state index is 6.20. The summed E-state index contributed by atoms with van der Waals surface area (Å²) in [7, 11) is 0. The molecule has 0 amide bonds. The van der Waals surface area contributed by atoms with E-state index in [4.69, 9.17) is 16.6 Å². The van der Waals surface area contributed by atoms with Crippen LogP contribution < -0.4 is 0 Å². The van der Waals surface area contributed by atoms with Crippen molar-refractivity contribution in [3.05, 3.63) is 21.1 Å². The summed E-state index contributed by atoms with van der Waals surface area (Å²) in [6.45, 7) is 6.75. The molecule has 1 saturated carbocycles. The number of hydrogen-bond acceptors (Lipinski definition) is 2. The minimum absolute atomic E-state index is 0.492. The summed E-state index contributed by atoms with van der Waals surface area (Å²) >= 11 is 9.67. The molecule has 0 unspecified atom stereocenters. The van der Waals surface area contributed by atoms with Crippen molar-refractivity contribution in [3.63, 3.8) is 0 Å². The lowest BCUT2D eigenvalue weighted by atomic mass is 9.77. The van der Waals surface area contributed by atoms with Crippen molar-refractivity contribution in [2.45, 2.75) is 58.8 Å². The van der Waals surface area contributed by atoms with Gasteiger partial charge in [0.15, 0.2) is 0 Å². The molecule has 2 nitrogen and oxygen atoms in total. The first-order valence-electron chi connectivity index (χ1n) is 7.24. The second-order valence-corrected chi connectivity index (χ2v) is 6.99. The van der Waals surface area contributed by atoms with Gasteiger partial charge in [0, 0.05) is 5.92 Å². The highest BCUT2D eigenvalue weighted by molar-refractivity contribution is 9.10. The molecule has 0 spiro atoms. The van der Waals surface area contributed by atoms with Crippen molar-refractivity contribution >= 4 is 27.5 Å². The van der Waals surface area contributed by atoms with Crippen LogP contribution in [0, 0.1) is 11.8 Å². The number of hydrogen-bond donors (Lipinski definition) is 0. The molecule has 0 radical (unpaired) electrons. The maximum absolute atomic E-state index is 6.20. The lowest BCUT2D eigenvalue weighted by Crippen LogP contribution is -2.19. The predicted molar refractivity (Wildman–Crippen MR) is 83.7 cm³/mol. The highest BCUT2D eigenvalue weighted by Crippen LogP contribution is 2.38. The summed E-state index contributed by atoms with van der Waals surface area (Å²) in [5.74, 6) is 3.10. The van der Waals surface area contributed by atoms with Crippen molar-refractivity contribution in [3.8, 4) is 0 Å². The summed E-state index contributed by atoms with van der Waals surface area (Å²) in [5, 5.41) is 0.563. The number of halogens is 2. The van der Waals surface area contributed by atoms with Crippen molar-refractivity contribution in [1.29, 1.82) is 0 Å². The Kier molecular flexibility index (Phi) is 5.24. The summed E-state index contributed by atoms with van der Waals surface area (Å²) in [4.78, 5) is 9.19. The van der Waals surface area contributed by atoms with E-state index in [0.29, 0.717) is 11.1 Å². The molecule has 0 bridgehead atoms. The molecule has 0 aliphatic heterocycles. The van der Waals surface area contributed by atoms with E-state index >= 15 is 0 Å². The molecule has 0 saturated heterocycles. The largest absolute Gasteiger partial charge is 0.236 e. The van der Waals surface area contributed by atoms with Crippen LogP contribution in [0.4, 0.5) is 0 Å². The molecule has 1 aliphatic rings. The minimum atomic E-state index is 0.492. The third-order valence-corrected chi connectivity index (χ3v) is 5.65. The van der Waals surface area contributed by atoms with Gasteiger partial charge in [-0.1, -0.05) is 32.4 Å². The van der Waals surface area contributed by atoms with E-state index in [-0.39, 0.29) is 0 Å². The van der Waals surface area contributed by atoms with E-state index in [1.165, 1.54) is 25.7 Å². The van der Waals surface area contributed by atoms with Gasteiger partial charge in [-0.25, -0.2) is 9.97 Å². The Labute approximate surface area is 129 Å². The number of nitrogens with zero attached hydrogens (tertiary/aromatic N) is 2. The van der Waals surface area contributed by atoms with Crippen LogP contribution in [0.15, 0.2) is 4.47 Å². The van der Waals surface area contributed by atoms with Crippen LogP contribution in [-0.2, 0) is 6.42 Å². The normalized spacial score (nSPS) is 23.9. The van der Waals surface area contributed by atoms with Crippen LogP contribution in [0.3, 0.4) is 0 Å². The fourth-order valence-corrected chi connectivity index (χ4v) is 3.60. The lowest BCUT2D eigenvalue weighted by Gasteiger charge is -2.30. The topological polar surface area (TPSA) is 25.8 Å². The van der Waals surface area contributed by atoms with Crippen LogP contribution in [0.1, 0.15) is 63.9 Å². The van der Waals surface area contributed by atoms with Crippen molar-refractivity contribution < 1.29 is 0 Å². The van der Waals surface area contributed by atoms with E-state index < -0.39 is 0 Å². The average Bonchev–Trinajstić information content (AvgIpc) is 2.41. The number of aromatic nitrogens is 2. The third kappa shape index (κ3) is 3.49. The zero-order valence-corrected chi connectivity index (χ0v) is 14.3. The molecule has 0 aromatic carbocycles. The molecule has 19 heavy (non-hydrogen) atoms. The predicted octanol–water partition coefficient (Wildman–Crippen LogP) is 5.38. The van der Waals surface area contributed by atoms with E-state index in [2.05, 4.69) is 41.7 Å². The Bertz CT molecular complexity index is 440. The first kappa shape index (κ1) is 15.2. The average molecular weight is 346 g/mol. The van der Waals surface area contributed by atoms with Crippen LogP contribution in [0.2, 0.25) is 5.15 Å². The van der Waals surface area contributed by atoms with Crippen molar-refractivity contribution in [1.82, 2.24) is 9.97 Å². The molecule has 1 heterocycles. The van der Waals surface area contributed by atoms with E-state index in [9.17, 15) is 0 Å². The van der Waals surface area contributed by atoms with Gasteiger partial charge in [0.05, 0.1) is 10.2 Å². The van der Waals surface area contributed by atoms with Crippen molar-refractivity contribution in [2.24, 2.45) is 11.8 Å². The van der Waals surface area contributed by atoms with Gasteiger partial charge < -0.3 is 0 Å². The van der Waals surface area contributed by atoms with Crippen LogP contribution >= 0.6 is 27.5 Å². The Morgan fingerprint density at radius 1 is 1.21 bits per heavy atom. The second-order valence-electron chi connectivity index (χ2n) is 5.84. The highest BCUT2D eigenvalue weighted by atomic mass is 79.9. The monoisotopic (exact) mass is 344 g/mol. The van der Waals surface area contributed by atoms with Gasteiger partial charge in [0.2, 0.25) is 0 Å². The smallest absolute Gasteiger partial charge is 0.147 e. The lowest BCUT2D eigenvalue weighted by molar-refractivity contribution is 0.254. The zero-order valence-electron chi connectivity index (χ0n) is 11.9. The van der Waals surface area contributed by atoms with Gasteiger partial charge in [0.25, 0.3) is 0 Å². The summed E-state index contributed by atoms with van der Waals surface area (Å²) < 4.78 is 0.858. The van der Waals surface area contributed by atoms with Crippen LogP contribution in [0.25, 0.3) is 0 Å². The van der Waals surface area contributed by atoms with E-state index in [0.717, 1.165) is 34.2 Å². The van der Waals surface area contributed by atoms with Crippen LogP contribution in [-0.4, -0.2) is 9.97 Å². The molecule has 4 heteroatoms.